The maximum absolute atomic E-state index is 5.48. The van der Waals surface area contributed by atoms with Gasteiger partial charge in [0.05, 0.1) is 13.2 Å². The summed E-state index contributed by atoms with van der Waals surface area (Å²) < 4.78 is 7.54. The highest BCUT2D eigenvalue weighted by Gasteiger charge is 2.16. The van der Waals surface area contributed by atoms with E-state index in [2.05, 4.69) is 20.1 Å². The molecule has 0 unspecified atom stereocenters. The first-order valence-electron chi connectivity index (χ1n) is 6.04. The SMILES string of the molecule is CNCc1nnc(SC[C@H]2CCCOC2)n1C. The average molecular weight is 256 g/mol. The Morgan fingerprint density at radius 3 is 3.12 bits per heavy atom. The van der Waals surface area contributed by atoms with Gasteiger partial charge in [-0.05, 0) is 25.8 Å². The third-order valence-corrected chi connectivity index (χ3v) is 4.21. The first kappa shape index (κ1) is 12.9. The first-order chi connectivity index (χ1) is 8.31. The van der Waals surface area contributed by atoms with Crippen molar-refractivity contribution in [2.75, 3.05) is 26.0 Å². The molecule has 0 aromatic carbocycles. The number of ether oxygens (including phenoxy) is 1. The van der Waals surface area contributed by atoms with E-state index in [0.29, 0.717) is 5.92 Å². The van der Waals surface area contributed by atoms with Crippen molar-refractivity contribution in [1.82, 2.24) is 20.1 Å². The molecule has 1 atom stereocenters. The molecule has 0 saturated carbocycles. The Kier molecular flexibility index (Phi) is 4.82. The van der Waals surface area contributed by atoms with Crippen molar-refractivity contribution in [3.63, 3.8) is 0 Å². The molecule has 1 fully saturated rings. The molecule has 96 valence electrons. The molecule has 2 heterocycles. The van der Waals surface area contributed by atoms with Crippen LogP contribution in [-0.4, -0.2) is 40.8 Å². The molecule has 0 aliphatic carbocycles. The Morgan fingerprint density at radius 1 is 1.53 bits per heavy atom. The van der Waals surface area contributed by atoms with Crippen LogP contribution in [0.25, 0.3) is 0 Å². The van der Waals surface area contributed by atoms with Crippen molar-refractivity contribution in [2.24, 2.45) is 13.0 Å². The van der Waals surface area contributed by atoms with E-state index in [1.165, 1.54) is 12.8 Å². The lowest BCUT2D eigenvalue weighted by atomic mass is 10.1. The lowest BCUT2D eigenvalue weighted by Gasteiger charge is -2.21. The molecule has 1 saturated heterocycles. The van der Waals surface area contributed by atoms with Crippen LogP contribution in [0.2, 0.25) is 0 Å². The van der Waals surface area contributed by atoms with E-state index in [1.54, 1.807) is 11.8 Å². The molecule has 0 radical (unpaired) electrons. The van der Waals surface area contributed by atoms with Crippen molar-refractivity contribution in [1.29, 1.82) is 0 Å². The third-order valence-electron chi connectivity index (χ3n) is 2.96. The number of aromatic nitrogens is 3. The van der Waals surface area contributed by atoms with Crippen LogP contribution in [-0.2, 0) is 18.3 Å². The smallest absolute Gasteiger partial charge is 0.190 e. The third kappa shape index (κ3) is 3.43. The quantitative estimate of drug-likeness (QED) is 0.798. The minimum absolute atomic E-state index is 0.665. The highest BCUT2D eigenvalue weighted by molar-refractivity contribution is 7.99. The molecule has 17 heavy (non-hydrogen) atoms. The molecule has 1 aromatic heterocycles. The summed E-state index contributed by atoms with van der Waals surface area (Å²) in [6.45, 7) is 2.59. The van der Waals surface area contributed by atoms with Gasteiger partial charge >= 0.3 is 0 Å². The summed E-state index contributed by atoms with van der Waals surface area (Å²) in [6, 6.07) is 0. The van der Waals surface area contributed by atoms with Crippen molar-refractivity contribution >= 4 is 11.8 Å². The largest absolute Gasteiger partial charge is 0.381 e. The second-order valence-electron chi connectivity index (χ2n) is 4.38. The standard InChI is InChI=1S/C11H20N4OS/c1-12-6-10-13-14-11(15(10)2)17-8-9-4-3-5-16-7-9/h9,12H,3-8H2,1-2H3/t9-/m0/s1. The fourth-order valence-electron chi connectivity index (χ4n) is 1.91. The monoisotopic (exact) mass is 256 g/mol. The van der Waals surface area contributed by atoms with Crippen molar-refractivity contribution < 1.29 is 4.74 Å². The van der Waals surface area contributed by atoms with Gasteiger partial charge in [0.25, 0.3) is 0 Å². The van der Waals surface area contributed by atoms with Crippen LogP contribution in [0.15, 0.2) is 5.16 Å². The lowest BCUT2D eigenvalue weighted by Crippen LogP contribution is -2.19. The van der Waals surface area contributed by atoms with Crippen LogP contribution in [0.4, 0.5) is 0 Å². The predicted octanol–water partition coefficient (Wildman–Crippen LogP) is 1.05. The summed E-state index contributed by atoms with van der Waals surface area (Å²) in [7, 11) is 3.94. The average Bonchev–Trinajstić information content (AvgIpc) is 2.70. The van der Waals surface area contributed by atoms with Gasteiger partial charge in [0.15, 0.2) is 5.16 Å². The van der Waals surface area contributed by atoms with E-state index in [4.69, 9.17) is 4.74 Å². The van der Waals surface area contributed by atoms with Gasteiger partial charge in [0, 0.05) is 19.4 Å². The molecule has 1 aromatic rings. The second-order valence-corrected chi connectivity index (χ2v) is 5.37. The summed E-state index contributed by atoms with van der Waals surface area (Å²) in [5, 5.41) is 12.5. The topological polar surface area (TPSA) is 52.0 Å². The number of nitrogens with one attached hydrogen (secondary N) is 1. The van der Waals surface area contributed by atoms with Gasteiger partial charge in [-0.2, -0.15) is 0 Å². The molecule has 2 rings (SSSR count). The van der Waals surface area contributed by atoms with Crippen LogP contribution < -0.4 is 5.32 Å². The fraction of sp³-hybridized carbons (Fsp3) is 0.818. The molecule has 1 aliphatic rings. The van der Waals surface area contributed by atoms with E-state index < -0.39 is 0 Å². The molecule has 1 aliphatic heterocycles. The normalized spacial score (nSPS) is 20.7. The lowest BCUT2D eigenvalue weighted by molar-refractivity contribution is 0.0632. The van der Waals surface area contributed by atoms with E-state index in [9.17, 15) is 0 Å². The summed E-state index contributed by atoms with van der Waals surface area (Å²) >= 11 is 1.78. The van der Waals surface area contributed by atoms with Crippen molar-refractivity contribution in [3.05, 3.63) is 5.82 Å². The Labute approximate surface area is 106 Å². The number of hydrogen-bond acceptors (Lipinski definition) is 5. The van der Waals surface area contributed by atoms with Gasteiger partial charge in [0.2, 0.25) is 0 Å². The van der Waals surface area contributed by atoms with Crippen LogP contribution in [0, 0.1) is 5.92 Å². The molecule has 0 bridgehead atoms. The highest BCUT2D eigenvalue weighted by Crippen LogP contribution is 2.23. The molecule has 6 heteroatoms. The Hall–Kier alpha value is -0.590. The molecule has 1 N–H and O–H groups in total. The van der Waals surface area contributed by atoms with E-state index in [0.717, 1.165) is 36.5 Å². The zero-order chi connectivity index (χ0) is 12.1. The van der Waals surface area contributed by atoms with Gasteiger partial charge in [-0.1, -0.05) is 11.8 Å². The van der Waals surface area contributed by atoms with Gasteiger partial charge < -0.3 is 14.6 Å². The highest BCUT2D eigenvalue weighted by atomic mass is 32.2. The minimum Gasteiger partial charge on any atom is -0.381 e. The Morgan fingerprint density at radius 2 is 2.41 bits per heavy atom. The molecular weight excluding hydrogens is 236 g/mol. The van der Waals surface area contributed by atoms with Gasteiger partial charge in [-0.25, -0.2) is 0 Å². The van der Waals surface area contributed by atoms with E-state index in [-0.39, 0.29) is 0 Å². The fourth-order valence-corrected chi connectivity index (χ4v) is 2.96. The number of thioether (sulfide) groups is 1. The number of rotatable bonds is 5. The van der Waals surface area contributed by atoms with E-state index in [1.807, 2.05) is 14.1 Å². The predicted molar refractivity (Wildman–Crippen MR) is 68.0 cm³/mol. The van der Waals surface area contributed by atoms with Gasteiger partial charge in [0.1, 0.15) is 5.82 Å². The van der Waals surface area contributed by atoms with Crippen LogP contribution in [0.3, 0.4) is 0 Å². The van der Waals surface area contributed by atoms with Crippen LogP contribution >= 0.6 is 11.8 Å². The maximum Gasteiger partial charge on any atom is 0.190 e. The molecule has 5 nitrogen and oxygen atoms in total. The zero-order valence-electron chi connectivity index (χ0n) is 10.5. The maximum atomic E-state index is 5.48. The van der Waals surface area contributed by atoms with E-state index >= 15 is 0 Å². The Bertz CT molecular complexity index is 349. The van der Waals surface area contributed by atoms with Crippen LogP contribution in [0.5, 0.6) is 0 Å². The second kappa shape index (κ2) is 6.37. The van der Waals surface area contributed by atoms with Crippen molar-refractivity contribution in [3.8, 4) is 0 Å². The summed E-state index contributed by atoms with van der Waals surface area (Å²) in [5.74, 6) is 2.72. The molecule has 0 amide bonds. The molecular formula is C11H20N4OS. The Balaban J connectivity index is 1.85. The minimum atomic E-state index is 0.665. The number of nitrogens with zero attached hydrogens (tertiary/aromatic N) is 3. The van der Waals surface area contributed by atoms with Crippen LogP contribution in [0.1, 0.15) is 18.7 Å². The van der Waals surface area contributed by atoms with Gasteiger partial charge in [-0.15, -0.1) is 10.2 Å². The zero-order valence-corrected chi connectivity index (χ0v) is 11.3. The summed E-state index contributed by atoms with van der Waals surface area (Å²) in [6.07, 6.45) is 2.46. The summed E-state index contributed by atoms with van der Waals surface area (Å²) in [4.78, 5) is 0. The summed E-state index contributed by atoms with van der Waals surface area (Å²) in [5.41, 5.74) is 0. The number of hydrogen-bond donors (Lipinski definition) is 1. The molecule has 0 spiro atoms. The van der Waals surface area contributed by atoms with Crippen molar-refractivity contribution in [2.45, 2.75) is 24.5 Å². The van der Waals surface area contributed by atoms with Gasteiger partial charge in [-0.3, -0.25) is 0 Å². The first-order valence-corrected chi connectivity index (χ1v) is 7.03.